The van der Waals surface area contributed by atoms with E-state index in [4.69, 9.17) is 4.74 Å². The second-order valence-electron chi connectivity index (χ2n) is 5.85. The van der Waals surface area contributed by atoms with Crippen LogP contribution in [0.25, 0.3) is 0 Å². The first-order chi connectivity index (χ1) is 9.94. The van der Waals surface area contributed by atoms with E-state index in [-0.39, 0.29) is 18.0 Å². The number of nitrogens with one attached hydrogen (secondary N) is 1. The Labute approximate surface area is 124 Å². The predicted octanol–water partition coefficient (Wildman–Crippen LogP) is 3.08. The summed E-state index contributed by atoms with van der Waals surface area (Å²) >= 11 is 0. The molecule has 0 spiro atoms. The zero-order valence-corrected chi connectivity index (χ0v) is 12.6. The summed E-state index contributed by atoms with van der Waals surface area (Å²) in [5.74, 6) is 0.106. The minimum Gasteiger partial charge on any atom is -0.472 e. The third-order valence-corrected chi connectivity index (χ3v) is 2.83. The van der Waals surface area contributed by atoms with Gasteiger partial charge in [0.1, 0.15) is 12.4 Å². The molecule has 112 valence electrons. The van der Waals surface area contributed by atoms with Gasteiger partial charge in [0.2, 0.25) is 5.88 Å². The maximum absolute atomic E-state index is 13.4. The average Bonchev–Trinajstić information content (AvgIpc) is 2.45. The molecule has 4 nitrogen and oxygen atoms in total. The second-order valence-corrected chi connectivity index (χ2v) is 5.85. The lowest BCUT2D eigenvalue weighted by Gasteiger charge is -2.19. The summed E-state index contributed by atoms with van der Waals surface area (Å²) in [7, 11) is 0. The Kier molecular flexibility index (Phi) is 4.85. The molecule has 1 aromatic heterocycles. The topological polar surface area (TPSA) is 47.0 Å². The summed E-state index contributed by atoms with van der Waals surface area (Å²) < 4.78 is 18.9. The average molecular weight is 289 g/mol. The van der Waals surface area contributed by atoms with Crippen molar-refractivity contribution < 1.29 is 9.13 Å². The molecule has 21 heavy (non-hydrogen) atoms. The molecule has 0 saturated heterocycles. The van der Waals surface area contributed by atoms with E-state index in [1.54, 1.807) is 24.3 Å². The van der Waals surface area contributed by atoms with Gasteiger partial charge in [-0.15, -0.1) is 5.10 Å². The Hall–Kier alpha value is -2.01. The van der Waals surface area contributed by atoms with E-state index >= 15 is 0 Å². The molecular weight excluding hydrogens is 269 g/mol. The maximum atomic E-state index is 13.4. The molecule has 1 N–H and O–H groups in total. The van der Waals surface area contributed by atoms with Gasteiger partial charge in [-0.1, -0.05) is 18.2 Å². The third kappa shape index (κ3) is 5.11. The summed E-state index contributed by atoms with van der Waals surface area (Å²) in [6.07, 6.45) is 0. The number of benzene rings is 1. The summed E-state index contributed by atoms with van der Waals surface area (Å²) in [6.45, 7) is 7.05. The van der Waals surface area contributed by atoms with Crippen LogP contribution in [0.3, 0.4) is 0 Å². The van der Waals surface area contributed by atoms with Crippen molar-refractivity contribution in [2.75, 3.05) is 0 Å². The molecule has 0 fully saturated rings. The van der Waals surface area contributed by atoms with E-state index in [2.05, 4.69) is 36.3 Å². The van der Waals surface area contributed by atoms with Gasteiger partial charge in [0.05, 0.1) is 5.69 Å². The second kappa shape index (κ2) is 6.63. The van der Waals surface area contributed by atoms with Crippen molar-refractivity contribution in [1.82, 2.24) is 15.5 Å². The SMILES string of the molecule is CC(C)(C)NCc1ccc(OCc2ccccc2F)nn1. The van der Waals surface area contributed by atoms with Crippen LogP contribution in [-0.4, -0.2) is 15.7 Å². The zero-order chi connectivity index (χ0) is 15.3. The molecule has 0 atom stereocenters. The van der Waals surface area contributed by atoms with Crippen LogP contribution in [0.1, 0.15) is 32.0 Å². The van der Waals surface area contributed by atoms with Gasteiger partial charge in [-0.05, 0) is 32.9 Å². The van der Waals surface area contributed by atoms with E-state index in [9.17, 15) is 4.39 Å². The first-order valence-electron chi connectivity index (χ1n) is 6.88. The maximum Gasteiger partial charge on any atom is 0.233 e. The van der Waals surface area contributed by atoms with Crippen LogP contribution < -0.4 is 10.1 Å². The van der Waals surface area contributed by atoms with Crippen molar-refractivity contribution in [3.8, 4) is 5.88 Å². The van der Waals surface area contributed by atoms with Crippen molar-refractivity contribution in [3.63, 3.8) is 0 Å². The van der Waals surface area contributed by atoms with E-state index in [0.717, 1.165) is 5.69 Å². The molecule has 0 saturated carbocycles. The van der Waals surface area contributed by atoms with Gasteiger partial charge in [-0.25, -0.2) is 4.39 Å². The highest BCUT2D eigenvalue weighted by Crippen LogP contribution is 2.11. The number of hydrogen-bond donors (Lipinski definition) is 1. The lowest BCUT2D eigenvalue weighted by atomic mass is 10.1. The number of ether oxygens (including phenoxy) is 1. The van der Waals surface area contributed by atoms with E-state index in [1.165, 1.54) is 6.07 Å². The van der Waals surface area contributed by atoms with Crippen LogP contribution in [0.2, 0.25) is 0 Å². The van der Waals surface area contributed by atoms with E-state index < -0.39 is 0 Å². The van der Waals surface area contributed by atoms with Crippen LogP contribution in [-0.2, 0) is 13.2 Å². The molecule has 0 radical (unpaired) electrons. The molecule has 1 heterocycles. The fourth-order valence-corrected chi connectivity index (χ4v) is 1.64. The highest BCUT2D eigenvalue weighted by atomic mass is 19.1. The van der Waals surface area contributed by atoms with E-state index in [0.29, 0.717) is 18.0 Å². The van der Waals surface area contributed by atoms with Crippen molar-refractivity contribution in [1.29, 1.82) is 0 Å². The minimum absolute atomic E-state index is 0.0295. The fraction of sp³-hybridized carbons (Fsp3) is 0.375. The standard InChI is InChI=1S/C16H20FN3O/c1-16(2,3)18-10-13-8-9-15(20-19-13)21-11-12-6-4-5-7-14(12)17/h4-9,18H,10-11H2,1-3H3. The molecule has 1 aromatic carbocycles. The number of rotatable bonds is 5. The predicted molar refractivity (Wildman–Crippen MR) is 79.4 cm³/mol. The van der Waals surface area contributed by atoms with Gasteiger partial charge in [-0.3, -0.25) is 0 Å². The number of nitrogens with zero attached hydrogens (tertiary/aromatic N) is 2. The number of halogens is 1. The minimum atomic E-state index is -0.281. The molecule has 5 heteroatoms. The van der Waals surface area contributed by atoms with Gasteiger partial charge >= 0.3 is 0 Å². The highest BCUT2D eigenvalue weighted by Gasteiger charge is 2.09. The monoisotopic (exact) mass is 289 g/mol. The summed E-state index contributed by atoms with van der Waals surface area (Å²) in [5, 5.41) is 11.4. The zero-order valence-electron chi connectivity index (χ0n) is 12.6. The van der Waals surface area contributed by atoms with Gasteiger partial charge in [-0.2, -0.15) is 5.10 Å². The van der Waals surface area contributed by atoms with E-state index in [1.807, 2.05) is 6.07 Å². The number of hydrogen-bond acceptors (Lipinski definition) is 4. The number of aromatic nitrogens is 2. The van der Waals surface area contributed by atoms with Crippen LogP contribution in [0.5, 0.6) is 5.88 Å². The van der Waals surface area contributed by atoms with Crippen molar-refractivity contribution in [2.24, 2.45) is 0 Å². The summed E-state index contributed by atoms with van der Waals surface area (Å²) in [4.78, 5) is 0. The van der Waals surface area contributed by atoms with Crippen LogP contribution in [0, 0.1) is 5.82 Å². The van der Waals surface area contributed by atoms with Crippen molar-refractivity contribution in [3.05, 3.63) is 53.5 Å². The fourth-order valence-electron chi connectivity index (χ4n) is 1.64. The Bertz CT molecular complexity index is 579. The summed E-state index contributed by atoms with van der Waals surface area (Å²) in [6, 6.07) is 10.1. The lowest BCUT2D eigenvalue weighted by molar-refractivity contribution is 0.284. The normalized spacial score (nSPS) is 11.4. The van der Waals surface area contributed by atoms with Crippen LogP contribution >= 0.6 is 0 Å². The lowest BCUT2D eigenvalue weighted by Crippen LogP contribution is -2.35. The van der Waals surface area contributed by atoms with Gasteiger partial charge in [0.25, 0.3) is 0 Å². The third-order valence-electron chi connectivity index (χ3n) is 2.83. The molecule has 0 bridgehead atoms. The van der Waals surface area contributed by atoms with Crippen molar-refractivity contribution in [2.45, 2.75) is 39.5 Å². The van der Waals surface area contributed by atoms with Gasteiger partial charge < -0.3 is 10.1 Å². The Morgan fingerprint density at radius 1 is 1.10 bits per heavy atom. The molecule has 0 aliphatic carbocycles. The van der Waals surface area contributed by atoms with Crippen molar-refractivity contribution >= 4 is 0 Å². The molecule has 0 unspecified atom stereocenters. The molecule has 2 rings (SSSR count). The first kappa shape index (κ1) is 15.4. The Balaban J connectivity index is 1.89. The Morgan fingerprint density at radius 3 is 2.48 bits per heavy atom. The van der Waals surface area contributed by atoms with Crippen LogP contribution in [0.15, 0.2) is 36.4 Å². The smallest absolute Gasteiger partial charge is 0.233 e. The quantitative estimate of drug-likeness (QED) is 0.919. The molecule has 0 aliphatic rings. The molecule has 2 aromatic rings. The highest BCUT2D eigenvalue weighted by molar-refractivity contribution is 5.18. The first-order valence-corrected chi connectivity index (χ1v) is 6.88. The van der Waals surface area contributed by atoms with Gasteiger partial charge in [0.15, 0.2) is 0 Å². The molecule has 0 amide bonds. The summed E-state index contributed by atoms with van der Waals surface area (Å²) in [5.41, 5.74) is 1.36. The van der Waals surface area contributed by atoms with Gasteiger partial charge in [0, 0.05) is 23.7 Å². The van der Waals surface area contributed by atoms with Crippen LogP contribution in [0.4, 0.5) is 4.39 Å². The molecule has 0 aliphatic heterocycles. The molecular formula is C16H20FN3O. The Morgan fingerprint density at radius 2 is 1.86 bits per heavy atom. The largest absolute Gasteiger partial charge is 0.472 e.